The van der Waals surface area contributed by atoms with Gasteiger partial charge in [-0.25, -0.2) is 4.98 Å². The lowest BCUT2D eigenvalue weighted by Gasteiger charge is -2.20. The molecule has 102 valence electrons. The average molecular weight is 251 g/mol. The second-order valence-corrected chi connectivity index (χ2v) is 4.97. The number of unbranched alkanes of at least 4 members (excludes halogenated alkanes) is 1. The van der Waals surface area contributed by atoms with Crippen LogP contribution in [0.1, 0.15) is 32.3 Å². The first-order chi connectivity index (χ1) is 8.50. The molecule has 1 heterocycles. The van der Waals surface area contributed by atoms with E-state index in [-0.39, 0.29) is 0 Å². The minimum atomic E-state index is 0.322. The van der Waals surface area contributed by atoms with Crippen LogP contribution in [0, 0.1) is 6.92 Å². The molecule has 0 fully saturated rings. The number of anilines is 2. The monoisotopic (exact) mass is 251 g/mol. The maximum absolute atomic E-state index is 5.56. The SMILES string of the molecule is Cc1cnc(N)nc1NCCCCN(C)C(C)C. The normalized spacial score (nSPS) is 11.2. The van der Waals surface area contributed by atoms with Gasteiger partial charge in [0, 0.05) is 24.3 Å². The van der Waals surface area contributed by atoms with Gasteiger partial charge < -0.3 is 16.0 Å². The molecule has 0 radical (unpaired) electrons. The average Bonchev–Trinajstić information content (AvgIpc) is 2.32. The van der Waals surface area contributed by atoms with Gasteiger partial charge in [-0.1, -0.05) is 0 Å². The van der Waals surface area contributed by atoms with E-state index in [9.17, 15) is 0 Å². The van der Waals surface area contributed by atoms with Crippen LogP contribution < -0.4 is 11.1 Å². The molecule has 0 amide bonds. The second-order valence-electron chi connectivity index (χ2n) is 4.97. The van der Waals surface area contributed by atoms with Crippen LogP contribution >= 0.6 is 0 Å². The summed E-state index contributed by atoms with van der Waals surface area (Å²) in [6, 6.07) is 0.613. The number of nitrogens with one attached hydrogen (secondary N) is 1. The van der Waals surface area contributed by atoms with Crippen molar-refractivity contribution in [2.24, 2.45) is 0 Å². The summed E-state index contributed by atoms with van der Waals surface area (Å²) in [5, 5.41) is 3.31. The summed E-state index contributed by atoms with van der Waals surface area (Å²) in [5.74, 6) is 1.17. The van der Waals surface area contributed by atoms with Crippen LogP contribution in [0.4, 0.5) is 11.8 Å². The van der Waals surface area contributed by atoms with E-state index in [1.807, 2.05) is 6.92 Å². The number of nitrogen functional groups attached to an aromatic ring is 1. The summed E-state index contributed by atoms with van der Waals surface area (Å²) in [7, 11) is 2.16. The molecular formula is C13H25N5. The maximum Gasteiger partial charge on any atom is 0.221 e. The Hall–Kier alpha value is -1.36. The fourth-order valence-corrected chi connectivity index (χ4v) is 1.59. The number of hydrogen-bond acceptors (Lipinski definition) is 5. The third-order valence-electron chi connectivity index (χ3n) is 3.10. The largest absolute Gasteiger partial charge is 0.370 e. The summed E-state index contributed by atoms with van der Waals surface area (Å²) in [5.41, 5.74) is 6.59. The molecule has 0 aliphatic heterocycles. The number of aryl methyl sites for hydroxylation is 1. The Morgan fingerprint density at radius 2 is 2.11 bits per heavy atom. The zero-order chi connectivity index (χ0) is 13.5. The van der Waals surface area contributed by atoms with Crippen molar-refractivity contribution in [2.75, 3.05) is 31.2 Å². The molecule has 1 aromatic heterocycles. The third-order valence-corrected chi connectivity index (χ3v) is 3.10. The fourth-order valence-electron chi connectivity index (χ4n) is 1.59. The topological polar surface area (TPSA) is 67.1 Å². The van der Waals surface area contributed by atoms with Crippen molar-refractivity contribution in [3.8, 4) is 0 Å². The number of hydrogen-bond donors (Lipinski definition) is 2. The number of rotatable bonds is 7. The summed E-state index contributed by atoms with van der Waals surface area (Å²) in [4.78, 5) is 10.5. The van der Waals surface area contributed by atoms with Gasteiger partial charge in [0.2, 0.25) is 5.95 Å². The molecular weight excluding hydrogens is 226 g/mol. The fraction of sp³-hybridized carbons (Fsp3) is 0.692. The number of nitrogens with two attached hydrogens (primary N) is 1. The molecule has 0 unspecified atom stereocenters. The molecule has 5 nitrogen and oxygen atoms in total. The van der Waals surface area contributed by atoms with Gasteiger partial charge in [-0.15, -0.1) is 0 Å². The summed E-state index contributed by atoms with van der Waals surface area (Å²) >= 11 is 0. The highest BCUT2D eigenvalue weighted by molar-refractivity contribution is 5.44. The van der Waals surface area contributed by atoms with E-state index >= 15 is 0 Å². The van der Waals surface area contributed by atoms with Crippen LogP contribution in [0.25, 0.3) is 0 Å². The van der Waals surface area contributed by atoms with Crippen molar-refractivity contribution in [1.29, 1.82) is 0 Å². The lowest BCUT2D eigenvalue weighted by molar-refractivity contribution is 0.269. The Morgan fingerprint density at radius 3 is 2.78 bits per heavy atom. The Labute approximate surface area is 110 Å². The highest BCUT2D eigenvalue weighted by Crippen LogP contribution is 2.10. The van der Waals surface area contributed by atoms with Crippen LogP contribution in [0.15, 0.2) is 6.20 Å². The predicted octanol–water partition coefficient (Wildman–Crippen LogP) is 1.90. The van der Waals surface area contributed by atoms with Crippen LogP contribution in [0.2, 0.25) is 0 Å². The predicted molar refractivity (Wildman–Crippen MR) is 76.7 cm³/mol. The highest BCUT2D eigenvalue weighted by Gasteiger charge is 2.03. The van der Waals surface area contributed by atoms with Crippen LogP contribution in [-0.2, 0) is 0 Å². The molecule has 0 saturated carbocycles. The standard InChI is InChI=1S/C13H25N5/c1-10(2)18(4)8-6-5-7-15-12-11(3)9-16-13(14)17-12/h9-10H,5-8H2,1-4H3,(H3,14,15,16,17). The smallest absolute Gasteiger partial charge is 0.221 e. The molecule has 1 aromatic rings. The first-order valence-corrected chi connectivity index (χ1v) is 6.54. The van der Waals surface area contributed by atoms with Gasteiger partial charge in [-0.3, -0.25) is 0 Å². The Bertz CT molecular complexity index is 364. The third kappa shape index (κ3) is 4.87. The Morgan fingerprint density at radius 1 is 1.39 bits per heavy atom. The minimum Gasteiger partial charge on any atom is -0.370 e. The zero-order valence-electron chi connectivity index (χ0n) is 11.9. The minimum absolute atomic E-state index is 0.322. The van der Waals surface area contributed by atoms with Crippen molar-refractivity contribution in [3.63, 3.8) is 0 Å². The van der Waals surface area contributed by atoms with Gasteiger partial charge in [0.1, 0.15) is 5.82 Å². The molecule has 0 aliphatic carbocycles. The van der Waals surface area contributed by atoms with Crippen LogP contribution in [0.3, 0.4) is 0 Å². The lowest BCUT2D eigenvalue weighted by Crippen LogP contribution is -2.27. The summed E-state index contributed by atoms with van der Waals surface area (Å²) < 4.78 is 0. The van der Waals surface area contributed by atoms with E-state index in [0.717, 1.165) is 30.9 Å². The Kier molecular flexibility index (Phi) is 5.85. The molecule has 0 saturated heterocycles. The van der Waals surface area contributed by atoms with Gasteiger partial charge in [0.15, 0.2) is 0 Å². The van der Waals surface area contributed by atoms with Crippen molar-refractivity contribution in [1.82, 2.24) is 14.9 Å². The summed E-state index contributed by atoms with van der Waals surface area (Å²) in [6.45, 7) is 8.46. The van der Waals surface area contributed by atoms with E-state index in [0.29, 0.717) is 12.0 Å². The van der Waals surface area contributed by atoms with Crippen LogP contribution in [-0.4, -0.2) is 41.0 Å². The molecule has 0 atom stereocenters. The van der Waals surface area contributed by atoms with Gasteiger partial charge >= 0.3 is 0 Å². The quantitative estimate of drug-likeness (QED) is 0.724. The van der Waals surface area contributed by atoms with Crippen molar-refractivity contribution in [3.05, 3.63) is 11.8 Å². The maximum atomic E-state index is 5.56. The zero-order valence-corrected chi connectivity index (χ0v) is 11.9. The van der Waals surface area contributed by atoms with E-state index in [1.54, 1.807) is 6.20 Å². The van der Waals surface area contributed by atoms with Gasteiger partial charge in [0.25, 0.3) is 0 Å². The van der Waals surface area contributed by atoms with Gasteiger partial charge in [-0.2, -0.15) is 4.98 Å². The first kappa shape index (κ1) is 14.7. The van der Waals surface area contributed by atoms with Gasteiger partial charge in [0.05, 0.1) is 0 Å². The molecule has 3 N–H and O–H groups in total. The molecule has 0 spiro atoms. The van der Waals surface area contributed by atoms with E-state index in [1.165, 1.54) is 6.42 Å². The number of nitrogens with zero attached hydrogens (tertiary/aromatic N) is 3. The van der Waals surface area contributed by atoms with Crippen molar-refractivity contribution >= 4 is 11.8 Å². The molecule has 0 aromatic carbocycles. The molecule has 18 heavy (non-hydrogen) atoms. The van der Waals surface area contributed by atoms with E-state index in [4.69, 9.17) is 5.73 Å². The molecule has 1 rings (SSSR count). The molecule has 0 aliphatic rings. The van der Waals surface area contributed by atoms with Crippen LogP contribution in [0.5, 0.6) is 0 Å². The second kappa shape index (κ2) is 7.16. The summed E-state index contributed by atoms with van der Waals surface area (Å²) in [6.07, 6.45) is 4.05. The molecule has 5 heteroatoms. The highest BCUT2D eigenvalue weighted by atomic mass is 15.1. The Balaban J connectivity index is 2.24. The van der Waals surface area contributed by atoms with Crippen molar-refractivity contribution < 1.29 is 0 Å². The lowest BCUT2D eigenvalue weighted by atomic mass is 10.2. The van der Waals surface area contributed by atoms with Crippen molar-refractivity contribution in [2.45, 2.75) is 39.7 Å². The first-order valence-electron chi connectivity index (χ1n) is 6.54. The van der Waals surface area contributed by atoms with E-state index < -0.39 is 0 Å². The molecule has 0 bridgehead atoms. The van der Waals surface area contributed by atoms with Gasteiger partial charge in [-0.05, 0) is 47.2 Å². The van der Waals surface area contributed by atoms with E-state index in [2.05, 4.69) is 41.1 Å². The number of aromatic nitrogens is 2.